The predicted octanol–water partition coefficient (Wildman–Crippen LogP) is 1.62. The van der Waals surface area contributed by atoms with Gasteiger partial charge in [0.1, 0.15) is 0 Å². The molecule has 2 N–H and O–H groups in total. The molecule has 5 nitrogen and oxygen atoms in total. The maximum Gasteiger partial charge on any atom is 0.305 e. The summed E-state index contributed by atoms with van der Waals surface area (Å²) in [7, 11) is 0. The van der Waals surface area contributed by atoms with Gasteiger partial charge in [-0.25, -0.2) is 0 Å². The lowest BCUT2D eigenvalue weighted by Crippen LogP contribution is -2.49. The zero-order valence-electron chi connectivity index (χ0n) is 12.5. The number of aliphatic carboxylic acids is 1. The highest BCUT2D eigenvalue weighted by Crippen LogP contribution is 2.33. The molecule has 2 aliphatic rings. The fraction of sp³-hybridized carbons (Fsp3) is 0.867. The molecule has 0 bridgehead atoms. The van der Waals surface area contributed by atoms with E-state index in [0.29, 0.717) is 18.5 Å². The molecule has 0 aromatic carbocycles. The summed E-state index contributed by atoms with van der Waals surface area (Å²) in [6.45, 7) is 4.30. The topological polar surface area (TPSA) is 69.6 Å². The molecule has 4 unspecified atom stereocenters. The van der Waals surface area contributed by atoms with Crippen LogP contribution >= 0.6 is 0 Å². The maximum absolute atomic E-state index is 12.6. The summed E-state index contributed by atoms with van der Waals surface area (Å²) in [5.41, 5.74) is 0. The first kappa shape index (κ1) is 15.3. The quantitative estimate of drug-likeness (QED) is 0.804. The molecule has 1 aliphatic heterocycles. The Bertz CT molecular complexity index is 358. The Morgan fingerprint density at radius 3 is 2.65 bits per heavy atom. The molecule has 0 radical (unpaired) electrons. The molecule has 4 atom stereocenters. The van der Waals surface area contributed by atoms with Gasteiger partial charge in [-0.1, -0.05) is 12.8 Å². The molecule has 2 fully saturated rings. The van der Waals surface area contributed by atoms with Gasteiger partial charge in [-0.15, -0.1) is 0 Å². The number of nitrogens with zero attached hydrogens (tertiary/aromatic N) is 1. The largest absolute Gasteiger partial charge is 0.481 e. The van der Waals surface area contributed by atoms with Crippen molar-refractivity contribution in [3.05, 3.63) is 0 Å². The molecule has 20 heavy (non-hydrogen) atoms. The summed E-state index contributed by atoms with van der Waals surface area (Å²) in [6, 6.07) is 0.139. The monoisotopic (exact) mass is 282 g/mol. The first-order chi connectivity index (χ1) is 9.52. The van der Waals surface area contributed by atoms with Gasteiger partial charge in [0.15, 0.2) is 0 Å². The summed E-state index contributed by atoms with van der Waals surface area (Å²) in [5.74, 6) is -0.140. The molecule has 0 aromatic rings. The Labute approximate surface area is 120 Å². The first-order valence-electron chi connectivity index (χ1n) is 7.81. The molecular weight excluding hydrogens is 256 g/mol. The van der Waals surface area contributed by atoms with Crippen molar-refractivity contribution in [1.29, 1.82) is 0 Å². The normalized spacial score (nSPS) is 30.6. The second-order valence-electron chi connectivity index (χ2n) is 6.18. The second kappa shape index (κ2) is 6.57. The lowest BCUT2D eigenvalue weighted by molar-refractivity contribution is -0.141. The minimum atomic E-state index is -0.850. The van der Waals surface area contributed by atoms with Crippen molar-refractivity contribution in [2.75, 3.05) is 6.54 Å². The van der Waals surface area contributed by atoms with Crippen LogP contribution in [-0.4, -0.2) is 46.6 Å². The maximum atomic E-state index is 12.6. The molecular formula is C15H26N2O3. The summed E-state index contributed by atoms with van der Waals surface area (Å²) in [5, 5.41) is 12.4. The molecule has 1 saturated heterocycles. The van der Waals surface area contributed by atoms with Crippen molar-refractivity contribution >= 4 is 11.9 Å². The number of carbonyl (C=O) groups is 2. The van der Waals surface area contributed by atoms with Gasteiger partial charge in [0.2, 0.25) is 5.91 Å². The van der Waals surface area contributed by atoms with Crippen LogP contribution in [0.2, 0.25) is 0 Å². The number of likely N-dealkylation sites (N-methyl/N-ethyl adjacent to an activating group) is 1. The third kappa shape index (κ3) is 3.32. The van der Waals surface area contributed by atoms with Crippen LogP contribution in [-0.2, 0) is 9.59 Å². The van der Waals surface area contributed by atoms with Crippen molar-refractivity contribution in [1.82, 2.24) is 10.2 Å². The van der Waals surface area contributed by atoms with E-state index < -0.39 is 5.97 Å². The molecule has 114 valence electrons. The molecule has 1 aliphatic carbocycles. The molecule has 0 spiro atoms. The van der Waals surface area contributed by atoms with Gasteiger partial charge in [0.05, 0.1) is 12.5 Å². The molecule has 1 amide bonds. The van der Waals surface area contributed by atoms with Gasteiger partial charge in [-0.05, 0) is 39.0 Å². The van der Waals surface area contributed by atoms with Crippen LogP contribution in [0.4, 0.5) is 0 Å². The van der Waals surface area contributed by atoms with Crippen molar-refractivity contribution in [2.24, 2.45) is 5.92 Å². The lowest BCUT2D eigenvalue weighted by atomic mass is 9.85. The number of carboxylic acid groups (broad SMARTS) is 1. The number of amides is 1. The minimum absolute atomic E-state index is 0.0131. The van der Waals surface area contributed by atoms with Crippen LogP contribution in [0.1, 0.15) is 52.4 Å². The highest BCUT2D eigenvalue weighted by molar-refractivity contribution is 5.83. The van der Waals surface area contributed by atoms with Crippen LogP contribution in [0.25, 0.3) is 0 Å². The SMILES string of the molecule is CCN(C(=O)C1CC2CCCCC2N1)C(C)CC(=O)O. The Hall–Kier alpha value is -1.10. The lowest BCUT2D eigenvalue weighted by Gasteiger charge is -2.30. The van der Waals surface area contributed by atoms with E-state index in [1.165, 1.54) is 25.7 Å². The van der Waals surface area contributed by atoms with Gasteiger partial charge in [-0.2, -0.15) is 0 Å². The van der Waals surface area contributed by atoms with Gasteiger partial charge in [0, 0.05) is 18.6 Å². The van der Waals surface area contributed by atoms with Crippen molar-refractivity contribution in [2.45, 2.75) is 70.5 Å². The Morgan fingerprint density at radius 2 is 2.05 bits per heavy atom. The van der Waals surface area contributed by atoms with Gasteiger partial charge < -0.3 is 15.3 Å². The van der Waals surface area contributed by atoms with E-state index >= 15 is 0 Å². The third-order valence-electron chi connectivity index (χ3n) is 4.79. The standard InChI is InChI=1S/C15H26N2O3/c1-3-17(10(2)8-14(18)19)15(20)13-9-11-6-4-5-7-12(11)16-13/h10-13,16H,3-9H2,1-2H3,(H,18,19). The number of nitrogens with one attached hydrogen (secondary N) is 1. The Kier molecular flexibility index (Phi) is 5.02. The molecule has 0 aromatic heterocycles. The van der Waals surface area contributed by atoms with E-state index in [-0.39, 0.29) is 24.4 Å². The minimum Gasteiger partial charge on any atom is -0.481 e. The van der Waals surface area contributed by atoms with Crippen LogP contribution in [0.3, 0.4) is 0 Å². The molecule has 1 heterocycles. The first-order valence-corrected chi connectivity index (χ1v) is 7.81. The number of carboxylic acids is 1. The van der Waals surface area contributed by atoms with Gasteiger partial charge >= 0.3 is 5.97 Å². The van der Waals surface area contributed by atoms with E-state index in [2.05, 4.69) is 5.32 Å². The van der Waals surface area contributed by atoms with Crippen LogP contribution in [0.5, 0.6) is 0 Å². The highest BCUT2D eigenvalue weighted by atomic mass is 16.4. The summed E-state index contributed by atoms with van der Waals surface area (Å²) in [6.07, 6.45) is 5.85. The van der Waals surface area contributed by atoms with E-state index in [9.17, 15) is 9.59 Å². The zero-order valence-corrected chi connectivity index (χ0v) is 12.5. The van der Waals surface area contributed by atoms with E-state index in [1.807, 2.05) is 13.8 Å². The molecule has 1 saturated carbocycles. The number of hydrogen-bond donors (Lipinski definition) is 2. The van der Waals surface area contributed by atoms with E-state index in [1.54, 1.807) is 4.90 Å². The van der Waals surface area contributed by atoms with Gasteiger partial charge in [-0.3, -0.25) is 9.59 Å². The van der Waals surface area contributed by atoms with E-state index in [4.69, 9.17) is 5.11 Å². The summed E-state index contributed by atoms with van der Waals surface area (Å²) >= 11 is 0. The average molecular weight is 282 g/mol. The number of carbonyl (C=O) groups excluding carboxylic acids is 1. The summed E-state index contributed by atoms with van der Waals surface area (Å²) in [4.78, 5) is 25.2. The number of fused-ring (bicyclic) bond motifs is 1. The smallest absolute Gasteiger partial charge is 0.305 e. The average Bonchev–Trinajstić information content (AvgIpc) is 2.82. The Balaban J connectivity index is 1.96. The summed E-state index contributed by atoms with van der Waals surface area (Å²) < 4.78 is 0. The predicted molar refractivity (Wildman–Crippen MR) is 76.4 cm³/mol. The van der Waals surface area contributed by atoms with Crippen molar-refractivity contribution in [3.63, 3.8) is 0 Å². The number of rotatable bonds is 5. The van der Waals surface area contributed by atoms with Crippen LogP contribution < -0.4 is 5.32 Å². The van der Waals surface area contributed by atoms with Crippen molar-refractivity contribution < 1.29 is 14.7 Å². The van der Waals surface area contributed by atoms with E-state index in [0.717, 1.165) is 6.42 Å². The molecule has 2 rings (SSSR count). The second-order valence-corrected chi connectivity index (χ2v) is 6.18. The fourth-order valence-corrected chi connectivity index (χ4v) is 3.76. The van der Waals surface area contributed by atoms with Crippen LogP contribution in [0.15, 0.2) is 0 Å². The van der Waals surface area contributed by atoms with Crippen LogP contribution in [0, 0.1) is 5.92 Å². The fourth-order valence-electron chi connectivity index (χ4n) is 3.76. The molecule has 5 heteroatoms. The Morgan fingerprint density at radius 1 is 1.35 bits per heavy atom. The van der Waals surface area contributed by atoms with Gasteiger partial charge in [0.25, 0.3) is 0 Å². The number of hydrogen-bond acceptors (Lipinski definition) is 3. The highest BCUT2D eigenvalue weighted by Gasteiger charge is 2.40. The van der Waals surface area contributed by atoms with Crippen molar-refractivity contribution in [3.8, 4) is 0 Å². The zero-order chi connectivity index (χ0) is 14.7. The third-order valence-corrected chi connectivity index (χ3v) is 4.79.